The van der Waals surface area contributed by atoms with E-state index in [-0.39, 0.29) is 0 Å². The second kappa shape index (κ2) is 5.07. The number of hydrogen-bond donors (Lipinski definition) is 1. The lowest BCUT2D eigenvalue weighted by Crippen LogP contribution is -2.00. The summed E-state index contributed by atoms with van der Waals surface area (Å²) in [6.45, 7) is 2.99. The van der Waals surface area contributed by atoms with E-state index in [4.69, 9.17) is 5.73 Å². The lowest BCUT2D eigenvalue weighted by Gasteiger charge is -2.03. The van der Waals surface area contributed by atoms with Crippen molar-refractivity contribution in [1.29, 1.82) is 0 Å². The lowest BCUT2D eigenvalue weighted by molar-refractivity contribution is 0.666. The third-order valence-electron chi connectivity index (χ3n) is 2.23. The number of nitrogens with zero attached hydrogens (tertiary/aromatic N) is 2. The summed E-state index contributed by atoms with van der Waals surface area (Å²) in [5, 5.41) is 4.14. The van der Waals surface area contributed by atoms with Gasteiger partial charge in [0.2, 0.25) is 0 Å². The van der Waals surface area contributed by atoms with E-state index in [1.54, 1.807) is 6.20 Å². The van der Waals surface area contributed by atoms with Crippen LogP contribution in [0.5, 0.6) is 0 Å². The maximum absolute atomic E-state index is 5.59. The molecule has 0 amide bonds. The molecule has 0 saturated heterocycles. The first-order valence-electron chi connectivity index (χ1n) is 5.21. The highest BCUT2D eigenvalue weighted by atomic mass is 32.2. The zero-order valence-electron chi connectivity index (χ0n) is 9.26. The van der Waals surface area contributed by atoms with Crippen molar-refractivity contribution in [3.8, 4) is 0 Å². The van der Waals surface area contributed by atoms with Crippen molar-refractivity contribution in [3.05, 3.63) is 42.2 Å². The number of rotatable bonds is 4. The van der Waals surface area contributed by atoms with E-state index in [2.05, 4.69) is 36.3 Å². The Bertz CT molecular complexity index is 465. The van der Waals surface area contributed by atoms with Crippen molar-refractivity contribution in [1.82, 2.24) is 9.78 Å². The Hall–Kier alpha value is -1.42. The van der Waals surface area contributed by atoms with Crippen molar-refractivity contribution < 1.29 is 0 Å². The van der Waals surface area contributed by atoms with Gasteiger partial charge in [-0.3, -0.25) is 4.68 Å². The number of aryl methyl sites for hydroxylation is 2. The normalized spacial score (nSPS) is 10.6. The average molecular weight is 233 g/mol. The van der Waals surface area contributed by atoms with Gasteiger partial charge in [0.05, 0.1) is 18.4 Å². The first-order valence-corrected chi connectivity index (χ1v) is 6.20. The van der Waals surface area contributed by atoms with Gasteiger partial charge in [0.15, 0.2) is 0 Å². The fourth-order valence-corrected chi connectivity index (χ4v) is 2.42. The van der Waals surface area contributed by atoms with Gasteiger partial charge >= 0.3 is 0 Å². The molecular formula is C12H15N3S. The van der Waals surface area contributed by atoms with Gasteiger partial charge in [0.1, 0.15) is 0 Å². The second-order valence-corrected chi connectivity index (χ2v) is 4.87. The summed E-state index contributed by atoms with van der Waals surface area (Å²) in [5.41, 5.74) is 7.61. The van der Waals surface area contributed by atoms with Crippen molar-refractivity contribution >= 4 is 17.4 Å². The van der Waals surface area contributed by atoms with Crippen molar-refractivity contribution in [3.63, 3.8) is 0 Å². The molecule has 2 N–H and O–H groups in total. The first kappa shape index (κ1) is 11.1. The number of nitrogens with two attached hydrogens (primary N) is 1. The zero-order chi connectivity index (χ0) is 11.4. The quantitative estimate of drug-likeness (QED) is 0.825. The van der Waals surface area contributed by atoms with E-state index < -0.39 is 0 Å². The Morgan fingerprint density at radius 3 is 3.00 bits per heavy atom. The fourth-order valence-electron chi connectivity index (χ4n) is 1.46. The minimum Gasteiger partial charge on any atom is -0.396 e. The minimum absolute atomic E-state index is 0.723. The minimum atomic E-state index is 0.723. The highest BCUT2D eigenvalue weighted by Gasteiger charge is 1.97. The van der Waals surface area contributed by atoms with Gasteiger partial charge in [-0.25, -0.2) is 0 Å². The number of thioether (sulfide) groups is 1. The third kappa shape index (κ3) is 3.03. The smallest absolute Gasteiger partial charge is 0.0719 e. The maximum Gasteiger partial charge on any atom is 0.0719 e. The molecule has 0 unspecified atom stereocenters. The molecular weight excluding hydrogens is 218 g/mol. The molecule has 84 valence electrons. The van der Waals surface area contributed by atoms with Gasteiger partial charge < -0.3 is 5.73 Å². The third-order valence-corrected chi connectivity index (χ3v) is 3.21. The van der Waals surface area contributed by atoms with Crippen LogP contribution < -0.4 is 5.73 Å². The van der Waals surface area contributed by atoms with Crippen LogP contribution in [0.2, 0.25) is 0 Å². The molecule has 1 heterocycles. The molecule has 0 aliphatic rings. The number of benzene rings is 1. The van der Waals surface area contributed by atoms with Crippen molar-refractivity contribution in [2.45, 2.75) is 18.4 Å². The van der Waals surface area contributed by atoms with Crippen LogP contribution in [0.25, 0.3) is 0 Å². The molecule has 0 spiro atoms. The van der Waals surface area contributed by atoms with E-state index in [9.17, 15) is 0 Å². The van der Waals surface area contributed by atoms with Crippen LogP contribution in [0.4, 0.5) is 5.69 Å². The van der Waals surface area contributed by atoms with Crippen molar-refractivity contribution in [2.24, 2.45) is 0 Å². The summed E-state index contributed by atoms with van der Waals surface area (Å²) in [4.78, 5) is 1.31. The van der Waals surface area contributed by atoms with Crippen LogP contribution in [0.15, 0.2) is 41.6 Å². The van der Waals surface area contributed by atoms with E-state index in [0.717, 1.165) is 18.0 Å². The first-order chi connectivity index (χ1) is 7.74. The van der Waals surface area contributed by atoms with Gasteiger partial charge in [-0.2, -0.15) is 5.10 Å². The maximum atomic E-state index is 5.59. The molecule has 1 aromatic carbocycles. The van der Waals surface area contributed by atoms with Crippen LogP contribution in [0.3, 0.4) is 0 Å². The Balaban J connectivity index is 1.84. The van der Waals surface area contributed by atoms with E-state index >= 15 is 0 Å². The van der Waals surface area contributed by atoms with Gasteiger partial charge in [-0.15, -0.1) is 11.8 Å². The summed E-state index contributed by atoms with van der Waals surface area (Å²) < 4.78 is 1.87. The van der Waals surface area contributed by atoms with Crippen molar-refractivity contribution in [2.75, 3.05) is 11.5 Å². The predicted octanol–water partition coefficient (Wildman–Crippen LogP) is 2.57. The molecule has 0 atom stereocenters. The number of anilines is 1. The van der Waals surface area contributed by atoms with Gasteiger partial charge in [0, 0.05) is 16.8 Å². The Morgan fingerprint density at radius 1 is 1.44 bits per heavy atom. The summed E-state index contributed by atoms with van der Waals surface area (Å²) in [7, 11) is 0. The Labute approximate surface area is 99.7 Å². The van der Waals surface area contributed by atoms with E-state index in [1.807, 2.05) is 22.6 Å². The monoisotopic (exact) mass is 233 g/mol. The molecule has 0 bridgehead atoms. The van der Waals surface area contributed by atoms with Crippen LogP contribution in [-0.4, -0.2) is 15.5 Å². The molecule has 2 aromatic rings. The van der Waals surface area contributed by atoms with E-state index in [1.165, 1.54) is 10.5 Å². The average Bonchev–Trinajstić information content (AvgIpc) is 2.64. The molecule has 1 aromatic heterocycles. The lowest BCUT2D eigenvalue weighted by atomic mass is 10.2. The van der Waals surface area contributed by atoms with E-state index in [0.29, 0.717) is 0 Å². The SMILES string of the molecule is Cc1cccc(SCCn2cc(N)cn2)c1. The van der Waals surface area contributed by atoms with Gasteiger partial charge in [-0.1, -0.05) is 17.7 Å². The van der Waals surface area contributed by atoms with Crippen LogP contribution in [0.1, 0.15) is 5.56 Å². The highest BCUT2D eigenvalue weighted by Crippen LogP contribution is 2.19. The molecule has 0 radical (unpaired) electrons. The fraction of sp³-hybridized carbons (Fsp3) is 0.250. The summed E-state index contributed by atoms with van der Waals surface area (Å²) >= 11 is 1.84. The van der Waals surface area contributed by atoms with Crippen LogP contribution in [-0.2, 0) is 6.54 Å². The summed E-state index contributed by atoms with van der Waals surface area (Å²) in [6.07, 6.45) is 3.54. The molecule has 2 rings (SSSR count). The molecule has 0 aliphatic heterocycles. The molecule has 0 fully saturated rings. The Kier molecular flexibility index (Phi) is 3.51. The Morgan fingerprint density at radius 2 is 2.31 bits per heavy atom. The number of hydrogen-bond acceptors (Lipinski definition) is 3. The standard InChI is InChI=1S/C12H15N3S/c1-10-3-2-4-12(7-10)16-6-5-15-9-11(13)8-14-15/h2-4,7-9H,5-6,13H2,1H3. The molecule has 16 heavy (non-hydrogen) atoms. The molecule has 4 heteroatoms. The molecule has 0 saturated carbocycles. The largest absolute Gasteiger partial charge is 0.396 e. The molecule has 0 aliphatic carbocycles. The second-order valence-electron chi connectivity index (χ2n) is 3.70. The van der Waals surface area contributed by atoms with Crippen LogP contribution >= 0.6 is 11.8 Å². The summed E-state index contributed by atoms with van der Waals surface area (Å²) in [5.74, 6) is 1.00. The highest BCUT2D eigenvalue weighted by molar-refractivity contribution is 7.99. The van der Waals surface area contributed by atoms with Crippen LogP contribution in [0, 0.1) is 6.92 Å². The molecule has 3 nitrogen and oxygen atoms in total. The number of aromatic nitrogens is 2. The summed E-state index contributed by atoms with van der Waals surface area (Å²) in [6, 6.07) is 8.53. The van der Waals surface area contributed by atoms with Gasteiger partial charge in [0.25, 0.3) is 0 Å². The predicted molar refractivity (Wildman–Crippen MR) is 68.5 cm³/mol. The zero-order valence-corrected chi connectivity index (χ0v) is 10.1. The van der Waals surface area contributed by atoms with Gasteiger partial charge in [-0.05, 0) is 19.1 Å². The topological polar surface area (TPSA) is 43.8 Å². The number of nitrogen functional groups attached to an aromatic ring is 1.